The summed E-state index contributed by atoms with van der Waals surface area (Å²) < 4.78 is 1.69. The van der Waals surface area contributed by atoms with Crippen LogP contribution in [0.1, 0.15) is 36.1 Å². The first-order valence-corrected chi connectivity index (χ1v) is 9.66. The average Bonchev–Trinajstić information content (AvgIpc) is 3.34. The Hall–Kier alpha value is -2.25. The summed E-state index contributed by atoms with van der Waals surface area (Å²) in [5.74, 6) is 2.12. The highest BCUT2D eigenvalue weighted by Gasteiger charge is 2.26. The van der Waals surface area contributed by atoms with E-state index in [9.17, 15) is 4.79 Å². The Bertz CT molecular complexity index is 738. The van der Waals surface area contributed by atoms with Gasteiger partial charge in [-0.3, -0.25) is 4.79 Å². The van der Waals surface area contributed by atoms with E-state index in [4.69, 9.17) is 5.73 Å². The minimum atomic E-state index is -0.289. The van der Waals surface area contributed by atoms with Gasteiger partial charge < -0.3 is 16.0 Å². The van der Waals surface area contributed by atoms with Crippen LogP contribution in [0.3, 0.4) is 0 Å². The first-order valence-electron chi connectivity index (χ1n) is 9.66. The van der Waals surface area contributed by atoms with Crippen molar-refractivity contribution in [1.82, 2.24) is 25.0 Å². The average molecular weight is 371 g/mol. The normalized spacial score (nSPS) is 15.1. The number of aromatic nitrogens is 3. The first-order chi connectivity index (χ1) is 13.0. The van der Waals surface area contributed by atoms with Crippen LogP contribution in [0.15, 0.2) is 30.3 Å². The predicted octanol–water partition coefficient (Wildman–Crippen LogP) is 1.15. The number of carbonyl (C=O) groups is 1. The lowest BCUT2D eigenvalue weighted by molar-refractivity contribution is -0.121. The quantitative estimate of drug-likeness (QED) is 0.655. The largest absolute Gasteiger partial charge is 0.353 e. The Morgan fingerprint density at radius 3 is 2.74 bits per heavy atom. The molecule has 2 aromatic rings. The lowest BCUT2D eigenvalue weighted by atomic mass is 10.1. The third kappa shape index (κ3) is 6.15. The van der Waals surface area contributed by atoms with Gasteiger partial charge in [0.05, 0.1) is 6.04 Å². The van der Waals surface area contributed by atoms with Gasteiger partial charge in [0.1, 0.15) is 12.4 Å². The maximum atomic E-state index is 12.3. The topological polar surface area (TPSA) is 89.1 Å². The van der Waals surface area contributed by atoms with Crippen molar-refractivity contribution in [3.8, 4) is 0 Å². The number of benzene rings is 1. The molecule has 1 aromatic heterocycles. The number of likely N-dealkylation sites (N-methyl/N-ethyl adjacent to an activating group) is 1. The van der Waals surface area contributed by atoms with Gasteiger partial charge in [0, 0.05) is 19.5 Å². The molecule has 7 nitrogen and oxygen atoms in total. The van der Waals surface area contributed by atoms with Gasteiger partial charge in [-0.05, 0) is 44.8 Å². The molecule has 1 heterocycles. The summed E-state index contributed by atoms with van der Waals surface area (Å²) in [7, 11) is 3.96. The molecule has 1 aromatic carbocycles. The molecule has 0 radical (unpaired) electrons. The zero-order valence-electron chi connectivity index (χ0n) is 16.3. The molecule has 3 N–H and O–H groups in total. The number of hydrogen-bond acceptors (Lipinski definition) is 5. The fourth-order valence-corrected chi connectivity index (χ4v) is 3.03. The van der Waals surface area contributed by atoms with Gasteiger partial charge in [-0.1, -0.05) is 30.3 Å². The monoisotopic (exact) mass is 370 g/mol. The van der Waals surface area contributed by atoms with Crippen LogP contribution in [-0.4, -0.2) is 52.8 Å². The summed E-state index contributed by atoms with van der Waals surface area (Å²) >= 11 is 0. The fraction of sp³-hybridized carbons (Fsp3) is 0.550. The zero-order valence-corrected chi connectivity index (χ0v) is 16.3. The predicted molar refractivity (Wildman–Crippen MR) is 105 cm³/mol. The molecule has 1 aliphatic carbocycles. The van der Waals surface area contributed by atoms with Crippen molar-refractivity contribution in [2.24, 2.45) is 11.7 Å². The fourth-order valence-electron chi connectivity index (χ4n) is 3.03. The molecule has 0 aliphatic heterocycles. The van der Waals surface area contributed by atoms with E-state index in [1.54, 1.807) is 4.68 Å². The van der Waals surface area contributed by atoms with Gasteiger partial charge in [-0.2, -0.15) is 5.10 Å². The van der Waals surface area contributed by atoms with E-state index in [1.165, 1.54) is 12.8 Å². The lowest BCUT2D eigenvalue weighted by Crippen LogP contribution is -2.34. The zero-order chi connectivity index (χ0) is 19.2. The summed E-state index contributed by atoms with van der Waals surface area (Å²) in [6.45, 7) is 1.57. The van der Waals surface area contributed by atoms with Crippen molar-refractivity contribution in [2.75, 3.05) is 27.2 Å². The van der Waals surface area contributed by atoms with Crippen molar-refractivity contribution in [3.63, 3.8) is 0 Å². The molecule has 1 fully saturated rings. The highest BCUT2D eigenvalue weighted by Crippen LogP contribution is 2.32. The molecule has 7 heteroatoms. The molecule has 1 atom stereocenters. The van der Waals surface area contributed by atoms with Crippen molar-refractivity contribution >= 4 is 5.91 Å². The summed E-state index contributed by atoms with van der Waals surface area (Å²) in [5, 5.41) is 7.52. The van der Waals surface area contributed by atoms with E-state index >= 15 is 0 Å². The van der Waals surface area contributed by atoms with Gasteiger partial charge in [-0.25, -0.2) is 9.67 Å². The van der Waals surface area contributed by atoms with E-state index in [-0.39, 0.29) is 18.5 Å². The van der Waals surface area contributed by atoms with Crippen LogP contribution in [0.5, 0.6) is 0 Å². The molecule has 1 aliphatic rings. The second-order valence-electron chi connectivity index (χ2n) is 7.64. The van der Waals surface area contributed by atoms with Crippen molar-refractivity contribution < 1.29 is 4.79 Å². The summed E-state index contributed by atoms with van der Waals surface area (Å²) in [6.07, 6.45) is 4.03. The second-order valence-corrected chi connectivity index (χ2v) is 7.64. The standard InChI is InChI=1S/C20H30N6O/c1-25(2)11-10-22-19(27)14-26-20(23-18(24-26)13-16-8-9-16)17(21)12-15-6-4-3-5-7-15/h3-7,16-17H,8-14,21H2,1-2H3,(H,22,27)/t17-/m1/s1. The van der Waals surface area contributed by atoms with Gasteiger partial charge in [0.25, 0.3) is 0 Å². The molecule has 0 bridgehead atoms. The Morgan fingerprint density at radius 2 is 2.07 bits per heavy atom. The maximum Gasteiger partial charge on any atom is 0.241 e. The van der Waals surface area contributed by atoms with E-state index in [0.29, 0.717) is 24.7 Å². The Labute approximate surface area is 160 Å². The second kappa shape index (κ2) is 9.10. The molecule has 1 amide bonds. The first kappa shape index (κ1) is 19.5. The van der Waals surface area contributed by atoms with Gasteiger partial charge in [0.15, 0.2) is 5.82 Å². The van der Waals surface area contributed by atoms with Crippen molar-refractivity contribution in [2.45, 2.75) is 38.3 Å². The Kier molecular flexibility index (Phi) is 6.58. The molecule has 27 heavy (non-hydrogen) atoms. The lowest BCUT2D eigenvalue weighted by Gasteiger charge is -2.14. The SMILES string of the molecule is CN(C)CCNC(=O)Cn1nc(CC2CC2)nc1[C@H](N)Cc1ccccc1. The molecule has 3 rings (SSSR count). The number of carbonyl (C=O) groups excluding carboxylic acids is 1. The molecule has 0 saturated heterocycles. The summed E-state index contributed by atoms with van der Waals surface area (Å²) in [6, 6.07) is 9.82. The van der Waals surface area contributed by atoms with Gasteiger partial charge in [-0.15, -0.1) is 0 Å². The highest BCUT2D eigenvalue weighted by molar-refractivity contribution is 5.75. The van der Waals surface area contributed by atoms with Gasteiger partial charge >= 0.3 is 0 Å². The number of nitrogens with zero attached hydrogens (tertiary/aromatic N) is 4. The molecular formula is C20H30N6O. The number of rotatable bonds is 10. The molecule has 146 valence electrons. The van der Waals surface area contributed by atoms with Crippen molar-refractivity contribution in [1.29, 1.82) is 0 Å². The smallest absolute Gasteiger partial charge is 0.241 e. The molecular weight excluding hydrogens is 340 g/mol. The Balaban J connectivity index is 1.68. The number of amides is 1. The summed E-state index contributed by atoms with van der Waals surface area (Å²) in [5.41, 5.74) is 7.59. The van der Waals surface area contributed by atoms with Crippen LogP contribution >= 0.6 is 0 Å². The van der Waals surface area contributed by atoms with Gasteiger partial charge in [0.2, 0.25) is 5.91 Å². The molecule has 0 unspecified atom stereocenters. The van der Waals surface area contributed by atoms with Crippen molar-refractivity contribution in [3.05, 3.63) is 47.5 Å². The van der Waals surface area contributed by atoms with E-state index in [2.05, 4.69) is 27.5 Å². The maximum absolute atomic E-state index is 12.3. The van der Waals surface area contributed by atoms with Crippen LogP contribution < -0.4 is 11.1 Å². The van der Waals surface area contributed by atoms with E-state index < -0.39 is 0 Å². The van der Waals surface area contributed by atoms with Crippen LogP contribution in [0.4, 0.5) is 0 Å². The minimum absolute atomic E-state index is 0.0621. The summed E-state index contributed by atoms with van der Waals surface area (Å²) in [4.78, 5) is 19.0. The Morgan fingerprint density at radius 1 is 1.33 bits per heavy atom. The number of hydrogen-bond donors (Lipinski definition) is 2. The van der Waals surface area contributed by atoms with E-state index in [1.807, 2.05) is 37.2 Å². The minimum Gasteiger partial charge on any atom is -0.353 e. The third-order valence-corrected chi connectivity index (χ3v) is 4.72. The molecule has 0 spiro atoms. The number of nitrogens with one attached hydrogen (secondary N) is 1. The van der Waals surface area contributed by atoms with Crippen LogP contribution in [0.25, 0.3) is 0 Å². The molecule has 1 saturated carbocycles. The van der Waals surface area contributed by atoms with Crippen LogP contribution in [-0.2, 0) is 24.2 Å². The van der Waals surface area contributed by atoms with E-state index in [0.717, 1.165) is 24.4 Å². The number of nitrogens with two attached hydrogens (primary N) is 1. The van der Waals surface area contributed by atoms with Crippen LogP contribution in [0, 0.1) is 5.92 Å². The highest BCUT2D eigenvalue weighted by atomic mass is 16.2. The third-order valence-electron chi connectivity index (χ3n) is 4.72. The van der Waals surface area contributed by atoms with Crippen LogP contribution in [0.2, 0.25) is 0 Å².